The van der Waals surface area contributed by atoms with Crippen LogP contribution >= 0.6 is 34.8 Å². The molecule has 1 aliphatic rings. The molecule has 2 aromatic rings. The molecule has 0 unspecified atom stereocenters. The molecular formula is C19H15Cl3O3. The molecule has 130 valence electrons. The van der Waals surface area contributed by atoms with E-state index in [1.807, 2.05) is 12.1 Å². The third-order valence-electron chi connectivity index (χ3n) is 4.28. The molecule has 0 saturated carbocycles. The molecule has 1 atom stereocenters. The summed E-state index contributed by atoms with van der Waals surface area (Å²) in [7, 11) is 0. The highest BCUT2D eigenvalue weighted by molar-refractivity contribution is 6.46. The fourth-order valence-electron chi connectivity index (χ4n) is 2.95. The highest BCUT2D eigenvalue weighted by Crippen LogP contribution is 2.32. The van der Waals surface area contributed by atoms with Gasteiger partial charge in [-0.3, -0.25) is 4.79 Å². The van der Waals surface area contributed by atoms with E-state index in [0.29, 0.717) is 5.56 Å². The van der Waals surface area contributed by atoms with Crippen LogP contribution in [0.4, 0.5) is 0 Å². The van der Waals surface area contributed by atoms with Crippen molar-refractivity contribution in [3.63, 3.8) is 0 Å². The Morgan fingerprint density at radius 3 is 2.44 bits per heavy atom. The molecule has 2 aromatic carbocycles. The first-order chi connectivity index (χ1) is 11.9. The Labute approximate surface area is 160 Å². The van der Waals surface area contributed by atoms with Crippen molar-refractivity contribution in [2.45, 2.75) is 32.3 Å². The molecule has 0 bridgehead atoms. The molecule has 0 saturated heterocycles. The molecule has 25 heavy (non-hydrogen) atoms. The molecule has 1 aliphatic carbocycles. The Bertz CT molecular complexity index is 861. The van der Waals surface area contributed by atoms with E-state index in [0.717, 1.165) is 19.3 Å². The molecule has 0 fully saturated rings. The lowest BCUT2D eigenvalue weighted by Crippen LogP contribution is -2.25. The van der Waals surface area contributed by atoms with Crippen LogP contribution in [0.25, 0.3) is 0 Å². The molecule has 0 amide bonds. The molecule has 6 heteroatoms. The molecule has 0 N–H and O–H groups in total. The zero-order valence-corrected chi connectivity index (χ0v) is 15.7. The molecule has 0 radical (unpaired) electrons. The van der Waals surface area contributed by atoms with Gasteiger partial charge in [0.25, 0.3) is 0 Å². The maximum atomic E-state index is 12.6. The van der Waals surface area contributed by atoms with Gasteiger partial charge in [0.15, 0.2) is 6.10 Å². The Morgan fingerprint density at radius 2 is 1.68 bits per heavy atom. The van der Waals surface area contributed by atoms with Crippen LogP contribution in [0, 0.1) is 0 Å². The smallest absolute Gasteiger partial charge is 0.341 e. The van der Waals surface area contributed by atoms with Crippen molar-refractivity contribution in [3.05, 3.63) is 67.7 Å². The number of esters is 1. The summed E-state index contributed by atoms with van der Waals surface area (Å²) in [5.74, 6) is -1.04. The van der Waals surface area contributed by atoms with E-state index in [-0.39, 0.29) is 26.4 Å². The second kappa shape index (κ2) is 7.36. The van der Waals surface area contributed by atoms with Crippen molar-refractivity contribution in [3.8, 4) is 0 Å². The monoisotopic (exact) mass is 396 g/mol. The van der Waals surface area contributed by atoms with Crippen molar-refractivity contribution in [2.75, 3.05) is 0 Å². The zero-order chi connectivity index (χ0) is 18.1. The average Bonchev–Trinajstić information content (AvgIpc) is 3.05. The van der Waals surface area contributed by atoms with Crippen molar-refractivity contribution in [2.24, 2.45) is 0 Å². The van der Waals surface area contributed by atoms with Gasteiger partial charge >= 0.3 is 5.97 Å². The number of carbonyl (C=O) groups excluding carboxylic acids is 2. The topological polar surface area (TPSA) is 43.4 Å². The Morgan fingerprint density at radius 1 is 1.00 bits per heavy atom. The second-order valence-electron chi connectivity index (χ2n) is 5.97. The number of hydrogen-bond donors (Lipinski definition) is 0. The Hall–Kier alpha value is -1.55. The predicted molar refractivity (Wildman–Crippen MR) is 99.1 cm³/mol. The van der Waals surface area contributed by atoms with Crippen LogP contribution in [0.1, 0.15) is 45.2 Å². The Kier molecular flexibility index (Phi) is 5.38. The number of hydrogen-bond acceptors (Lipinski definition) is 3. The predicted octanol–water partition coefficient (Wildman–Crippen LogP) is 5.56. The quantitative estimate of drug-likeness (QED) is 0.385. The number of ketones is 1. The maximum absolute atomic E-state index is 12.6. The number of carbonyl (C=O) groups is 2. The first-order valence-electron chi connectivity index (χ1n) is 7.89. The molecule has 0 spiro atoms. The van der Waals surface area contributed by atoms with Crippen LogP contribution < -0.4 is 0 Å². The number of aryl methyl sites for hydroxylation is 2. The number of fused-ring (bicyclic) bond motifs is 1. The van der Waals surface area contributed by atoms with Crippen LogP contribution in [0.5, 0.6) is 0 Å². The minimum absolute atomic E-state index is 0.0105. The van der Waals surface area contributed by atoms with Crippen LogP contribution in [-0.4, -0.2) is 17.9 Å². The maximum Gasteiger partial charge on any atom is 0.341 e. The van der Waals surface area contributed by atoms with Gasteiger partial charge in [-0.1, -0.05) is 46.9 Å². The van der Waals surface area contributed by atoms with Gasteiger partial charge in [-0.05, 0) is 55.5 Å². The molecule has 0 aliphatic heterocycles. The normalized spacial score (nSPS) is 14.1. The van der Waals surface area contributed by atoms with E-state index >= 15 is 0 Å². The first-order valence-corrected chi connectivity index (χ1v) is 9.02. The fourth-order valence-corrected chi connectivity index (χ4v) is 3.63. The SMILES string of the molecule is C[C@@H](OC(=O)c1c(Cl)ccc(Cl)c1Cl)C(=O)c1ccc2c(c1)CCC2. The van der Waals surface area contributed by atoms with E-state index in [1.54, 1.807) is 6.07 Å². The zero-order valence-electron chi connectivity index (χ0n) is 13.4. The van der Waals surface area contributed by atoms with Gasteiger partial charge in [0, 0.05) is 5.56 Å². The van der Waals surface area contributed by atoms with Gasteiger partial charge in [0.1, 0.15) is 0 Å². The number of rotatable bonds is 4. The van der Waals surface area contributed by atoms with E-state index in [1.165, 1.54) is 30.2 Å². The van der Waals surface area contributed by atoms with Gasteiger partial charge < -0.3 is 4.74 Å². The second-order valence-corrected chi connectivity index (χ2v) is 7.16. The summed E-state index contributed by atoms with van der Waals surface area (Å²) in [6.07, 6.45) is 2.15. The van der Waals surface area contributed by atoms with Crippen LogP contribution in [0.3, 0.4) is 0 Å². The van der Waals surface area contributed by atoms with Crippen LogP contribution in [0.2, 0.25) is 15.1 Å². The lowest BCUT2D eigenvalue weighted by atomic mass is 10.0. The van der Waals surface area contributed by atoms with E-state index < -0.39 is 12.1 Å². The third-order valence-corrected chi connectivity index (χ3v) is 5.40. The van der Waals surface area contributed by atoms with E-state index in [4.69, 9.17) is 39.5 Å². The summed E-state index contributed by atoms with van der Waals surface area (Å²) in [6, 6.07) is 8.57. The van der Waals surface area contributed by atoms with Crippen molar-refractivity contribution in [1.29, 1.82) is 0 Å². The first kappa shape index (κ1) is 18.2. The summed E-state index contributed by atoms with van der Waals surface area (Å²) in [5.41, 5.74) is 2.96. The number of halogens is 3. The van der Waals surface area contributed by atoms with E-state index in [2.05, 4.69) is 0 Å². The largest absolute Gasteiger partial charge is 0.451 e. The highest BCUT2D eigenvalue weighted by atomic mass is 35.5. The van der Waals surface area contributed by atoms with Gasteiger partial charge in [0.2, 0.25) is 5.78 Å². The summed E-state index contributed by atoms with van der Waals surface area (Å²) in [4.78, 5) is 24.9. The third kappa shape index (κ3) is 3.69. The summed E-state index contributed by atoms with van der Waals surface area (Å²) in [6.45, 7) is 1.53. The van der Waals surface area contributed by atoms with Gasteiger partial charge in [0.05, 0.1) is 20.6 Å². The number of benzene rings is 2. The summed E-state index contributed by atoms with van der Waals surface area (Å²) in [5, 5.41) is 0.323. The minimum atomic E-state index is -0.960. The minimum Gasteiger partial charge on any atom is -0.451 e. The lowest BCUT2D eigenvalue weighted by molar-refractivity contribution is 0.0319. The molecule has 0 aromatic heterocycles. The summed E-state index contributed by atoms with van der Waals surface area (Å²) < 4.78 is 5.27. The van der Waals surface area contributed by atoms with Crippen LogP contribution in [-0.2, 0) is 17.6 Å². The van der Waals surface area contributed by atoms with Gasteiger partial charge in [-0.25, -0.2) is 4.79 Å². The lowest BCUT2D eigenvalue weighted by Gasteiger charge is -2.15. The fraction of sp³-hybridized carbons (Fsp3) is 0.263. The van der Waals surface area contributed by atoms with Crippen molar-refractivity contribution in [1.82, 2.24) is 0 Å². The molecule has 0 heterocycles. The standard InChI is InChI=1S/C19H15Cl3O3/c1-10(18(23)13-6-5-11-3-2-4-12(11)9-13)25-19(24)16-14(20)7-8-15(21)17(16)22/h5-10H,2-4H2,1H3/t10-/m1/s1. The Balaban J connectivity index is 1.78. The van der Waals surface area contributed by atoms with Crippen molar-refractivity contribution >= 4 is 46.6 Å². The molecule has 3 rings (SSSR count). The molecule has 3 nitrogen and oxygen atoms in total. The molecular weight excluding hydrogens is 383 g/mol. The highest BCUT2D eigenvalue weighted by Gasteiger charge is 2.25. The van der Waals surface area contributed by atoms with Gasteiger partial charge in [-0.2, -0.15) is 0 Å². The number of Topliss-reactive ketones (excluding diaryl/α,β-unsaturated/α-hetero) is 1. The van der Waals surface area contributed by atoms with E-state index in [9.17, 15) is 9.59 Å². The van der Waals surface area contributed by atoms with Crippen LogP contribution in [0.15, 0.2) is 30.3 Å². The van der Waals surface area contributed by atoms with Crippen molar-refractivity contribution < 1.29 is 14.3 Å². The van der Waals surface area contributed by atoms with Gasteiger partial charge in [-0.15, -0.1) is 0 Å². The number of ether oxygens (including phenoxy) is 1. The average molecular weight is 398 g/mol. The summed E-state index contributed by atoms with van der Waals surface area (Å²) >= 11 is 18.0.